The standard InChI is InChI=1S/C15H18F3N/c16-15(17,18)11-6-7-14(19-9-11)13-8-12(13)10-4-2-1-3-5-10/h1-5,11-14,19H,6-9H2. The van der Waals surface area contributed by atoms with E-state index in [9.17, 15) is 13.2 Å². The average Bonchev–Trinajstić information content (AvgIpc) is 3.19. The van der Waals surface area contributed by atoms with Gasteiger partial charge in [0.2, 0.25) is 0 Å². The molecule has 2 fully saturated rings. The molecule has 1 saturated heterocycles. The second kappa shape index (κ2) is 4.82. The fourth-order valence-corrected chi connectivity index (χ4v) is 3.27. The van der Waals surface area contributed by atoms with E-state index < -0.39 is 12.1 Å². The first kappa shape index (κ1) is 13.0. The predicted octanol–water partition coefficient (Wildman–Crippen LogP) is 3.72. The number of benzene rings is 1. The summed E-state index contributed by atoms with van der Waals surface area (Å²) in [6.45, 7) is 0.0895. The molecule has 1 heterocycles. The molecule has 4 unspecified atom stereocenters. The van der Waals surface area contributed by atoms with Crippen LogP contribution in [-0.4, -0.2) is 18.8 Å². The Balaban J connectivity index is 1.54. The van der Waals surface area contributed by atoms with Crippen molar-refractivity contribution in [3.8, 4) is 0 Å². The van der Waals surface area contributed by atoms with Crippen LogP contribution in [-0.2, 0) is 0 Å². The van der Waals surface area contributed by atoms with E-state index in [1.807, 2.05) is 18.2 Å². The predicted molar refractivity (Wildman–Crippen MR) is 67.9 cm³/mol. The fourth-order valence-electron chi connectivity index (χ4n) is 3.27. The molecule has 1 aliphatic heterocycles. The highest BCUT2D eigenvalue weighted by Gasteiger charge is 2.48. The molecule has 1 aliphatic carbocycles. The molecule has 1 aromatic rings. The molecule has 1 nitrogen and oxygen atoms in total. The molecule has 3 rings (SSSR count). The number of halogens is 3. The molecule has 0 amide bonds. The van der Waals surface area contributed by atoms with Crippen molar-refractivity contribution in [3.05, 3.63) is 35.9 Å². The van der Waals surface area contributed by atoms with Gasteiger partial charge in [-0.25, -0.2) is 0 Å². The summed E-state index contributed by atoms with van der Waals surface area (Å²) < 4.78 is 37.8. The van der Waals surface area contributed by atoms with Crippen LogP contribution < -0.4 is 5.32 Å². The molecule has 0 spiro atoms. The van der Waals surface area contributed by atoms with Crippen LogP contribution in [0.2, 0.25) is 0 Å². The van der Waals surface area contributed by atoms with Crippen molar-refractivity contribution in [2.45, 2.75) is 37.4 Å². The number of alkyl halides is 3. The molecule has 104 valence electrons. The van der Waals surface area contributed by atoms with Gasteiger partial charge in [-0.05, 0) is 36.7 Å². The van der Waals surface area contributed by atoms with Crippen molar-refractivity contribution >= 4 is 0 Å². The van der Waals surface area contributed by atoms with Crippen molar-refractivity contribution in [1.82, 2.24) is 5.32 Å². The van der Waals surface area contributed by atoms with E-state index in [-0.39, 0.29) is 19.0 Å². The second-order valence-electron chi connectivity index (χ2n) is 5.75. The summed E-state index contributed by atoms with van der Waals surface area (Å²) >= 11 is 0. The van der Waals surface area contributed by atoms with Gasteiger partial charge in [-0.2, -0.15) is 13.2 Å². The van der Waals surface area contributed by atoms with Crippen LogP contribution in [0.5, 0.6) is 0 Å². The van der Waals surface area contributed by atoms with Gasteiger partial charge in [-0.3, -0.25) is 0 Å². The Hall–Kier alpha value is -1.03. The molecule has 4 heteroatoms. The van der Waals surface area contributed by atoms with Gasteiger partial charge in [-0.1, -0.05) is 30.3 Å². The van der Waals surface area contributed by atoms with Crippen LogP contribution >= 0.6 is 0 Å². The minimum absolute atomic E-state index is 0.0895. The van der Waals surface area contributed by atoms with Crippen molar-refractivity contribution in [2.24, 2.45) is 11.8 Å². The molecular formula is C15H18F3N. The largest absolute Gasteiger partial charge is 0.393 e. The number of piperidine rings is 1. The fraction of sp³-hybridized carbons (Fsp3) is 0.600. The second-order valence-corrected chi connectivity index (χ2v) is 5.75. The van der Waals surface area contributed by atoms with Gasteiger partial charge in [0, 0.05) is 12.6 Å². The van der Waals surface area contributed by atoms with Crippen LogP contribution in [0.15, 0.2) is 30.3 Å². The Bertz CT molecular complexity index is 421. The molecule has 0 bridgehead atoms. The van der Waals surface area contributed by atoms with Crippen molar-refractivity contribution in [3.63, 3.8) is 0 Å². The van der Waals surface area contributed by atoms with Crippen molar-refractivity contribution < 1.29 is 13.2 Å². The molecule has 1 aromatic carbocycles. The summed E-state index contributed by atoms with van der Waals surface area (Å²) in [6.07, 6.45) is -2.00. The molecule has 19 heavy (non-hydrogen) atoms. The number of hydrogen-bond donors (Lipinski definition) is 1. The quantitative estimate of drug-likeness (QED) is 0.862. The Labute approximate surface area is 111 Å². The van der Waals surface area contributed by atoms with E-state index >= 15 is 0 Å². The van der Waals surface area contributed by atoms with Crippen LogP contribution in [0.1, 0.15) is 30.7 Å². The van der Waals surface area contributed by atoms with Crippen molar-refractivity contribution in [1.29, 1.82) is 0 Å². The Kier molecular flexibility index (Phi) is 3.29. The Morgan fingerprint density at radius 2 is 1.79 bits per heavy atom. The molecule has 2 aliphatic rings. The van der Waals surface area contributed by atoms with Gasteiger partial charge in [0.05, 0.1) is 5.92 Å². The summed E-state index contributed by atoms with van der Waals surface area (Å²) in [6, 6.07) is 10.5. The Morgan fingerprint density at radius 1 is 1.05 bits per heavy atom. The van der Waals surface area contributed by atoms with Gasteiger partial charge < -0.3 is 5.32 Å². The van der Waals surface area contributed by atoms with E-state index in [1.54, 1.807) is 0 Å². The number of hydrogen-bond acceptors (Lipinski definition) is 1. The van der Waals surface area contributed by atoms with Gasteiger partial charge in [0.15, 0.2) is 0 Å². The van der Waals surface area contributed by atoms with Crippen LogP contribution in [0, 0.1) is 11.8 Å². The lowest BCUT2D eigenvalue weighted by atomic mass is 9.91. The van der Waals surface area contributed by atoms with E-state index in [0.717, 1.165) is 6.42 Å². The third kappa shape index (κ3) is 2.78. The zero-order valence-electron chi connectivity index (χ0n) is 10.7. The highest BCUT2D eigenvalue weighted by molar-refractivity contribution is 5.26. The Morgan fingerprint density at radius 3 is 2.37 bits per heavy atom. The van der Waals surface area contributed by atoms with Gasteiger partial charge >= 0.3 is 6.18 Å². The molecular weight excluding hydrogens is 251 g/mol. The minimum Gasteiger partial charge on any atom is -0.313 e. The maximum atomic E-state index is 12.6. The molecule has 0 radical (unpaired) electrons. The summed E-state index contributed by atoms with van der Waals surface area (Å²) in [5.74, 6) is -0.0876. The minimum atomic E-state index is -4.04. The third-order valence-corrected chi connectivity index (χ3v) is 4.50. The first-order valence-electron chi connectivity index (χ1n) is 6.91. The lowest BCUT2D eigenvalue weighted by Gasteiger charge is -2.31. The van der Waals surface area contributed by atoms with E-state index in [0.29, 0.717) is 18.3 Å². The van der Waals surface area contributed by atoms with Crippen molar-refractivity contribution in [2.75, 3.05) is 6.54 Å². The molecule has 4 atom stereocenters. The van der Waals surface area contributed by atoms with Gasteiger partial charge in [0.1, 0.15) is 0 Å². The summed E-state index contributed by atoms with van der Waals surface area (Å²) in [7, 11) is 0. The van der Waals surface area contributed by atoms with E-state index in [4.69, 9.17) is 0 Å². The topological polar surface area (TPSA) is 12.0 Å². The third-order valence-electron chi connectivity index (χ3n) is 4.50. The zero-order valence-corrected chi connectivity index (χ0v) is 10.7. The maximum absolute atomic E-state index is 12.6. The lowest BCUT2D eigenvalue weighted by Crippen LogP contribution is -2.45. The summed E-state index contributed by atoms with van der Waals surface area (Å²) in [5, 5.41) is 3.12. The number of rotatable bonds is 2. The van der Waals surface area contributed by atoms with Crippen LogP contribution in [0.4, 0.5) is 13.2 Å². The van der Waals surface area contributed by atoms with E-state index in [2.05, 4.69) is 17.4 Å². The lowest BCUT2D eigenvalue weighted by molar-refractivity contribution is -0.179. The normalized spacial score (nSPS) is 35.1. The first-order valence-corrected chi connectivity index (χ1v) is 6.91. The maximum Gasteiger partial charge on any atom is 0.393 e. The van der Waals surface area contributed by atoms with Gasteiger partial charge in [0.25, 0.3) is 0 Å². The summed E-state index contributed by atoms with van der Waals surface area (Å²) in [4.78, 5) is 0. The molecule has 1 N–H and O–H groups in total. The average molecular weight is 269 g/mol. The summed E-state index contributed by atoms with van der Waals surface area (Å²) in [5.41, 5.74) is 1.33. The number of nitrogens with one attached hydrogen (secondary N) is 1. The zero-order chi connectivity index (χ0) is 13.5. The van der Waals surface area contributed by atoms with Gasteiger partial charge in [-0.15, -0.1) is 0 Å². The van der Waals surface area contributed by atoms with Crippen LogP contribution in [0.25, 0.3) is 0 Å². The first-order chi connectivity index (χ1) is 9.05. The molecule has 1 saturated carbocycles. The highest BCUT2D eigenvalue weighted by atomic mass is 19.4. The highest BCUT2D eigenvalue weighted by Crippen LogP contribution is 2.51. The smallest absolute Gasteiger partial charge is 0.313 e. The van der Waals surface area contributed by atoms with Crippen LogP contribution in [0.3, 0.4) is 0 Å². The SMILES string of the molecule is FC(F)(F)C1CCC(C2CC2c2ccccc2)NC1. The molecule has 0 aromatic heterocycles. The van der Waals surface area contributed by atoms with E-state index in [1.165, 1.54) is 5.56 Å². The monoisotopic (exact) mass is 269 g/mol.